The molecule has 0 bridgehead atoms. The molecule has 0 aliphatic carbocycles. The summed E-state index contributed by atoms with van der Waals surface area (Å²) >= 11 is 1.33. The fourth-order valence-electron chi connectivity index (χ4n) is 2.99. The third-order valence-corrected chi connectivity index (χ3v) is 5.44. The minimum Gasteiger partial charge on any atom is -0.452 e. The van der Waals surface area contributed by atoms with E-state index in [-0.39, 0.29) is 24.5 Å². The Morgan fingerprint density at radius 3 is 2.63 bits per heavy atom. The number of likely N-dealkylation sites (tertiary alicyclic amines) is 1. The maximum atomic E-state index is 12.4. The Kier molecular flexibility index (Phi) is 8.64. The molecule has 0 radical (unpaired) electrons. The van der Waals surface area contributed by atoms with Crippen LogP contribution in [0.1, 0.15) is 49.9 Å². The number of hydrogen-bond acceptors (Lipinski definition) is 5. The van der Waals surface area contributed by atoms with Gasteiger partial charge in [0.1, 0.15) is 0 Å². The van der Waals surface area contributed by atoms with Crippen LogP contribution < -0.4 is 5.32 Å². The molecular formula is C20H28N2O4S. The number of rotatable bonds is 9. The summed E-state index contributed by atoms with van der Waals surface area (Å²) < 4.78 is 5.16. The third-order valence-electron chi connectivity index (χ3n) is 4.38. The zero-order valence-electron chi connectivity index (χ0n) is 16.0. The molecule has 1 fully saturated rings. The number of esters is 1. The van der Waals surface area contributed by atoms with Crippen LogP contribution in [0, 0.1) is 0 Å². The maximum absolute atomic E-state index is 12.4. The Morgan fingerprint density at radius 1 is 1.22 bits per heavy atom. The Balaban J connectivity index is 1.86. The molecule has 2 rings (SSSR count). The SMILES string of the molecule is CCC[C@@H](C)NC(=O)COC(=O)c1ccccc1SCC(=O)N1CCCC1. The normalized spacial score (nSPS) is 14.7. The first-order valence-corrected chi connectivity index (χ1v) is 10.5. The molecule has 0 spiro atoms. The first kappa shape index (κ1) is 21.3. The van der Waals surface area contributed by atoms with Crippen LogP contribution in [0.3, 0.4) is 0 Å². The second-order valence-corrected chi connectivity index (χ2v) is 7.72. The molecule has 1 aromatic rings. The van der Waals surface area contributed by atoms with Crippen molar-refractivity contribution < 1.29 is 19.1 Å². The van der Waals surface area contributed by atoms with Crippen molar-refractivity contribution in [2.24, 2.45) is 0 Å². The van der Waals surface area contributed by atoms with Crippen molar-refractivity contribution in [3.05, 3.63) is 29.8 Å². The van der Waals surface area contributed by atoms with Gasteiger partial charge in [-0.15, -0.1) is 11.8 Å². The van der Waals surface area contributed by atoms with Gasteiger partial charge in [-0.2, -0.15) is 0 Å². The van der Waals surface area contributed by atoms with E-state index in [2.05, 4.69) is 5.32 Å². The van der Waals surface area contributed by atoms with Crippen molar-refractivity contribution in [3.63, 3.8) is 0 Å². The Bertz CT molecular complexity index is 659. The van der Waals surface area contributed by atoms with Gasteiger partial charge >= 0.3 is 5.97 Å². The molecule has 1 aliphatic rings. The summed E-state index contributed by atoms with van der Waals surface area (Å²) in [6.45, 7) is 5.29. The van der Waals surface area contributed by atoms with E-state index in [0.717, 1.165) is 38.8 Å². The lowest BCUT2D eigenvalue weighted by Crippen LogP contribution is -2.35. The number of ether oxygens (including phenoxy) is 1. The zero-order chi connectivity index (χ0) is 19.6. The highest BCUT2D eigenvalue weighted by molar-refractivity contribution is 8.00. The van der Waals surface area contributed by atoms with Gasteiger partial charge in [0.25, 0.3) is 5.91 Å². The van der Waals surface area contributed by atoms with Gasteiger partial charge in [0.2, 0.25) is 5.91 Å². The Hall–Kier alpha value is -2.02. The lowest BCUT2D eigenvalue weighted by atomic mass is 10.2. The Morgan fingerprint density at radius 2 is 1.93 bits per heavy atom. The Labute approximate surface area is 165 Å². The van der Waals surface area contributed by atoms with Gasteiger partial charge in [-0.25, -0.2) is 4.79 Å². The zero-order valence-corrected chi connectivity index (χ0v) is 16.8. The summed E-state index contributed by atoms with van der Waals surface area (Å²) in [6, 6.07) is 7.07. The molecule has 148 valence electrons. The van der Waals surface area contributed by atoms with Crippen molar-refractivity contribution >= 4 is 29.5 Å². The molecule has 1 atom stereocenters. The van der Waals surface area contributed by atoms with E-state index in [9.17, 15) is 14.4 Å². The largest absolute Gasteiger partial charge is 0.452 e. The molecule has 27 heavy (non-hydrogen) atoms. The second-order valence-electron chi connectivity index (χ2n) is 6.71. The molecule has 1 heterocycles. The van der Waals surface area contributed by atoms with Gasteiger partial charge in [0, 0.05) is 24.0 Å². The van der Waals surface area contributed by atoms with E-state index >= 15 is 0 Å². The molecule has 1 N–H and O–H groups in total. The second kappa shape index (κ2) is 11.0. The predicted molar refractivity (Wildman–Crippen MR) is 106 cm³/mol. The minimum atomic E-state index is -0.551. The van der Waals surface area contributed by atoms with Crippen LogP contribution in [0.15, 0.2) is 29.2 Å². The van der Waals surface area contributed by atoms with Crippen LogP contribution in [0.2, 0.25) is 0 Å². The first-order chi connectivity index (χ1) is 13.0. The lowest BCUT2D eigenvalue weighted by molar-refractivity contribution is -0.127. The predicted octanol–water partition coefficient (Wildman–Crippen LogP) is 2.86. The average molecular weight is 393 g/mol. The highest BCUT2D eigenvalue weighted by atomic mass is 32.2. The summed E-state index contributed by atoms with van der Waals surface area (Å²) in [5.41, 5.74) is 0.381. The molecule has 6 nitrogen and oxygen atoms in total. The molecular weight excluding hydrogens is 364 g/mol. The van der Waals surface area contributed by atoms with Crippen molar-refractivity contribution in [2.75, 3.05) is 25.4 Å². The number of carbonyl (C=O) groups excluding carboxylic acids is 3. The first-order valence-electron chi connectivity index (χ1n) is 9.47. The smallest absolute Gasteiger partial charge is 0.339 e. The van der Waals surface area contributed by atoms with Crippen molar-refractivity contribution in [2.45, 2.75) is 50.5 Å². The number of carbonyl (C=O) groups is 3. The number of amides is 2. The van der Waals surface area contributed by atoms with E-state index in [1.807, 2.05) is 24.8 Å². The van der Waals surface area contributed by atoms with E-state index in [1.54, 1.807) is 18.2 Å². The van der Waals surface area contributed by atoms with Crippen LogP contribution in [-0.2, 0) is 14.3 Å². The van der Waals surface area contributed by atoms with Gasteiger partial charge in [-0.1, -0.05) is 25.5 Å². The van der Waals surface area contributed by atoms with Crippen LogP contribution in [0.4, 0.5) is 0 Å². The van der Waals surface area contributed by atoms with Crippen molar-refractivity contribution in [1.82, 2.24) is 10.2 Å². The molecule has 1 aliphatic heterocycles. The monoisotopic (exact) mass is 392 g/mol. The van der Waals surface area contributed by atoms with E-state index in [0.29, 0.717) is 16.2 Å². The quantitative estimate of drug-likeness (QED) is 0.517. The van der Waals surface area contributed by atoms with E-state index in [1.165, 1.54) is 11.8 Å². The standard InChI is InChI=1S/C20H28N2O4S/c1-3-8-15(2)21-18(23)13-26-20(25)16-9-4-5-10-17(16)27-14-19(24)22-11-6-7-12-22/h4-5,9-10,15H,3,6-8,11-14H2,1-2H3,(H,21,23)/t15-/m1/s1. The van der Waals surface area contributed by atoms with Crippen LogP contribution in [-0.4, -0.2) is 54.2 Å². The minimum absolute atomic E-state index is 0.0562. The number of nitrogens with zero attached hydrogens (tertiary/aromatic N) is 1. The van der Waals surface area contributed by atoms with E-state index in [4.69, 9.17) is 4.74 Å². The number of thioether (sulfide) groups is 1. The fourth-order valence-corrected chi connectivity index (χ4v) is 3.93. The molecule has 0 saturated carbocycles. The highest BCUT2D eigenvalue weighted by Crippen LogP contribution is 2.24. The molecule has 7 heteroatoms. The number of nitrogens with one attached hydrogen (secondary N) is 1. The van der Waals surface area contributed by atoms with Crippen LogP contribution in [0.5, 0.6) is 0 Å². The van der Waals surface area contributed by atoms with Gasteiger partial charge in [-0.3, -0.25) is 9.59 Å². The topological polar surface area (TPSA) is 75.7 Å². The molecule has 1 aromatic carbocycles. The van der Waals surface area contributed by atoms with Crippen LogP contribution in [0.25, 0.3) is 0 Å². The molecule has 2 amide bonds. The molecule has 0 aromatic heterocycles. The molecule has 1 saturated heterocycles. The van der Waals surface area contributed by atoms with Crippen LogP contribution >= 0.6 is 11.8 Å². The lowest BCUT2D eigenvalue weighted by Gasteiger charge is -2.15. The fraction of sp³-hybridized carbons (Fsp3) is 0.550. The maximum Gasteiger partial charge on any atom is 0.339 e. The van der Waals surface area contributed by atoms with Crippen molar-refractivity contribution in [1.29, 1.82) is 0 Å². The molecule has 0 unspecified atom stereocenters. The van der Waals surface area contributed by atoms with Gasteiger partial charge in [0.05, 0.1) is 11.3 Å². The summed E-state index contributed by atoms with van der Waals surface area (Å²) in [5.74, 6) is -0.479. The summed E-state index contributed by atoms with van der Waals surface area (Å²) in [7, 11) is 0. The highest BCUT2D eigenvalue weighted by Gasteiger charge is 2.20. The number of benzene rings is 1. The van der Waals surface area contributed by atoms with E-state index < -0.39 is 5.97 Å². The summed E-state index contributed by atoms with van der Waals surface area (Å²) in [5, 5.41) is 2.80. The third kappa shape index (κ3) is 6.90. The van der Waals surface area contributed by atoms with Gasteiger partial charge < -0.3 is 15.0 Å². The average Bonchev–Trinajstić information content (AvgIpc) is 3.19. The summed E-state index contributed by atoms with van der Waals surface area (Å²) in [6.07, 6.45) is 3.96. The van der Waals surface area contributed by atoms with Gasteiger partial charge in [-0.05, 0) is 38.3 Å². The van der Waals surface area contributed by atoms with Crippen molar-refractivity contribution in [3.8, 4) is 0 Å². The van der Waals surface area contributed by atoms with Gasteiger partial charge in [0.15, 0.2) is 6.61 Å². The number of hydrogen-bond donors (Lipinski definition) is 1. The summed E-state index contributed by atoms with van der Waals surface area (Å²) in [4.78, 5) is 39.0.